The number of ether oxygens (including phenoxy) is 1. The van der Waals surface area contributed by atoms with E-state index in [4.69, 9.17) is 9.84 Å². The summed E-state index contributed by atoms with van der Waals surface area (Å²) in [5, 5.41) is 9.06. The molecule has 0 radical (unpaired) electrons. The Hall–Kier alpha value is -1.06. The van der Waals surface area contributed by atoms with Crippen molar-refractivity contribution in [3.8, 4) is 0 Å². The van der Waals surface area contributed by atoms with Crippen molar-refractivity contribution >= 4 is 11.9 Å². The van der Waals surface area contributed by atoms with Crippen LogP contribution in [0, 0.1) is 5.92 Å². The van der Waals surface area contributed by atoms with Crippen LogP contribution in [0.2, 0.25) is 0 Å². The number of hydrogen-bond donors (Lipinski definition) is 1. The molecule has 1 N–H and O–H groups in total. The standard InChI is InChI=1S/C16H30O4/c1-4-5-6-7-8-9-10-14(16(18)19)20-15(17)12-11-13(2)3/h13-14H,4-12H2,1-3H3,(H,18,19). The number of carboxylic acid groups (broad SMARTS) is 1. The fourth-order valence-corrected chi connectivity index (χ4v) is 1.97. The number of hydrogen-bond acceptors (Lipinski definition) is 3. The van der Waals surface area contributed by atoms with Gasteiger partial charge in [0, 0.05) is 6.42 Å². The fourth-order valence-electron chi connectivity index (χ4n) is 1.97. The van der Waals surface area contributed by atoms with E-state index in [1.807, 2.05) is 13.8 Å². The third-order valence-corrected chi connectivity index (χ3v) is 3.29. The first-order valence-electron chi connectivity index (χ1n) is 7.89. The highest BCUT2D eigenvalue weighted by atomic mass is 16.6. The topological polar surface area (TPSA) is 63.6 Å². The second-order valence-corrected chi connectivity index (χ2v) is 5.81. The molecule has 0 saturated carbocycles. The van der Waals surface area contributed by atoms with Crippen LogP contribution in [-0.4, -0.2) is 23.1 Å². The number of carboxylic acids is 1. The Labute approximate surface area is 122 Å². The summed E-state index contributed by atoms with van der Waals surface area (Å²) in [6.07, 6.45) is 7.06. The van der Waals surface area contributed by atoms with E-state index in [0.717, 1.165) is 25.7 Å². The third kappa shape index (κ3) is 10.8. The van der Waals surface area contributed by atoms with Gasteiger partial charge in [0.05, 0.1) is 0 Å². The zero-order valence-corrected chi connectivity index (χ0v) is 13.2. The van der Waals surface area contributed by atoms with Crippen LogP contribution in [0.15, 0.2) is 0 Å². The minimum Gasteiger partial charge on any atom is -0.479 e. The summed E-state index contributed by atoms with van der Waals surface area (Å²) in [6, 6.07) is 0. The van der Waals surface area contributed by atoms with Crippen molar-refractivity contribution in [1.82, 2.24) is 0 Å². The lowest BCUT2D eigenvalue weighted by atomic mass is 10.1. The van der Waals surface area contributed by atoms with E-state index in [1.54, 1.807) is 0 Å². The molecule has 20 heavy (non-hydrogen) atoms. The van der Waals surface area contributed by atoms with E-state index in [0.29, 0.717) is 18.8 Å². The second-order valence-electron chi connectivity index (χ2n) is 5.81. The molecule has 0 aliphatic rings. The fraction of sp³-hybridized carbons (Fsp3) is 0.875. The molecular weight excluding hydrogens is 256 g/mol. The average molecular weight is 286 g/mol. The Morgan fingerprint density at radius 3 is 2.15 bits per heavy atom. The molecule has 0 aliphatic heterocycles. The first-order valence-corrected chi connectivity index (χ1v) is 7.89. The third-order valence-electron chi connectivity index (χ3n) is 3.29. The predicted octanol–water partition coefficient (Wildman–Crippen LogP) is 4.17. The number of aliphatic carboxylic acids is 1. The highest BCUT2D eigenvalue weighted by Crippen LogP contribution is 2.12. The van der Waals surface area contributed by atoms with E-state index in [-0.39, 0.29) is 0 Å². The molecular formula is C16H30O4. The quantitative estimate of drug-likeness (QED) is 0.432. The molecule has 0 saturated heterocycles. The van der Waals surface area contributed by atoms with Gasteiger partial charge in [-0.1, -0.05) is 52.9 Å². The molecule has 118 valence electrons. The molecule has 4 heteroatoms. The summed E-state index contributed by atoms with van der Waals surface area (Å²) < 4.78 is 5.05. The molecule has 4 nitrogen and oxygen atoms in total. The monoisotopic (exact) mass is 286 g/mol. The Morgan fingerprint density at radius 1 is 1.00 bits per heavy atom. The Bertz CT molecular complexity index is 274. The van der Waals surface area contributed by atoms with E-state index >= 15 is 0 Å². The van der Waals surface area contributed by atoms with Gasteiger partial charge < -0.3 is 9.84 Å². The van der Waals surface area contributed by atoms with Crippen molar-refractivity contribution < 1.29 is 19.4 Å². The van der Waals surface area contributed by atoms with Crippen LogP contribution in [0.25, 0.3) is 0 Å². The molecule has 1 atom stereocenters. The molecule has 0 rings (SSSR count). The molecule has 1 unspecified atom stereocenters. The maximum absolute atomic E-state index is 11.6. The number of rotatable bonds is 12. The van der Waals surface area contributed by atoms with Crippen LogP contribution in [0.1, 0.15) is 78.6 Å². The molecule has 0 spiro atoms. The first kappa shape index (κ1) is 18.9. The molecule has 0 aromatic carbocycles. The summed E-state index contributed by atoms with van der Waals surface area (Å²) in [5.41, 5.74) is 0. The van der Waals surface area contributed by atoms with Gasteiger partial charge in [-0.25, -0.2) is 4.79 Å². The molecule has 0 aromatic rings. The van der Waals surface area contributed by atoms with Gasteiger partial charge in [0.25, 0.3) is 0 Å². The van der Waals surface area contributed by atoms with Crippen molar-refractivity contribution in [3.05, 3.63) is 0 Å². The molecule has 0 amide bonds. The minimum atomic E-state index is -1.03. The van der Waals surface area contributed by atoms with Crippen molar-refractivity contribution in [3.63, 3.8) is 0 Å². The summed E-state index contributed by atoms with van der Waals surface area (Å²) in [7, 11) is 0. The van der Waals surface area contributed by atoms with Crippen LogP contribution in [0.5, 0.6) is 0 Å². The average Bonchev–Trinajstić information content (AvgIpc) is 2.38. The molecule has 0 heterocycles. The summed E-state index contributed by atoms with van der Waals surface area (Å²) >= 11 is 0. The molecule has 0 fully saturated rings. The van der Waals surface area contributed by atoms with E-state index in [1.165, 1.54) is 19.3 Å². The van der Waals surface area contributed by atoms with Crippen molar-refractivity contribution in [2.75, 3.05) is 0 Å². The molecule has 0 bridgehead atoms. The van der Waals surface area contributed by atoms with Gasteiger partial charge >= 0.3 is 11.9 Å². The lowest BCUT2D eigenvalue weighted by Gasteiger charge is -2.14. The van der Waals surface area contributed by atoms with Crippen LogP contribution >= 0.6 is 0 Å². The van der Waals surface area contributed by atoms with Crippen LogP contribution in [0.3, 0.4) is 0 Å². The van der Waals surface area contributed by atoms with Gasteiger partial charge in [-0.2, -0.15) is 0 Å². The molecule has 0 aliphatic carbocycles. The number of carbonyl (C=O) groups is 2. The largest absolute Gasteiger partial charge is 0.479 e. The van der Waals surface area contributed by atoms with Crippen LogP contribution < -0.4 is 0 Å². The number of esters is 1. The van der Waals surface area contributed by atoms with Crippen molar-refractivity contribution in [2.24, 2.45) is 5.92 Å². The van der Waals surface area contributed by atoms with Crippen molar-refractivity contribution in [1.29, 1.82) is 0 Å². The maximum atomic E-state index is 11.6. The zero-order valence-electron chi connectivity index (χ0n) is 13.2. The Morgan fingerprint density at radius 2 is 1.60 bits per heavy atom. The van der Waals surface area contributed by atoms with Gasteiger partial charge in [-0.15, -0.1) is 0 Å². The lowest BCUT2D eigenvalue weighted by molar-refractivity contribution is -0.164. The number of carbonyl (C=O) groups excluding carboxylic acids is 1. The van der Waals surface area contributed by atoms with E-state index in [9.17, 15) is 9.59 Å². The summed E-state index contributed by atoms with van der Waals surface area (Å²) in [6.45, 7) is 6.22. The normalized spacial score (nSPS) is 12.4. The lowest BCUT2D eigenvalue weighted by Crippen LogP contribution is -2.27. The van der Waals surface area contributed by atoms with Gasteiger partial charge in [-0.05, 0) is 25.2 Å². The predicted molar refractivity (Wildman–Crippen MR) is 79.6 cm³/mol. The van der Waals surface area contributed by atoms with Gasteiger partial charge in [0.1, 0.15) is 0 Å². The van der Waals surface area contributed by atoms with Gasteiger partial charge in [0.2, 0.25) is 0 Å². The molecule has 0 aromatic heterocycles. The van der Waals surface area contributed by atoms with Gasteiger partial charge in [0.15, 0.2) is 6.10 Å². The number of unbranched alkanes of at least 4 members (excludes halogenated alkanes) is 5. The zero-order chi connectivity index (χ0) is 15.4. The van der Waals surface area contributed by atoms with Gasteiger partial charge in [-0.3, -0.25) is 4.79 Å². The smallest absolute Gasteiger partial charge is 0.345 e. The van der Waals surface area contributed by atoms with E-state index in [2.05, 4.69) is 6.92 Å². The van der Waals surface area contributed by atoms with E-state index < -0.39 is 18.0 Å². The Balaban J connectivity index is 3.87. The minimum absolute atomic E-state index is 0.304. The van der Waals surface area contributed by atoms with Crippen molar-refractivity contribution in [2.45, 2.75) is 84.7 Å². The second kappa shape index (κ2) is 11.7. The summed E-state index contributed by atoms with van der Waals surface area (Å²) in [5.74, 6) is -1.00. The highest BCUT2D eigenvalue weighted by molar-refractivity contribution is 5.77. The highest BCUT2D eigenvalue weighted by Gasteiger charge is 2.21. The van der Waals surface area contributed by atoms with Crippen LogP contribution in [-0.2, 0) is 14.3 Å². The SMILES string of the molecule is CCCCCCCCC(OC(=O)CCC(C)C)C(=O)O. The van der Waals surface area contributed by atoms with Crippen LogP contribution in [0.4, 0.5) is 0 Å². The maximum Gasteiger partial charge on any atom is 0.345 e. The Kier molecular flexibility index (Phi) is 11.1. The summed E-state index contributed by atoms with van der Waals surface area (Å²) in [4.78, 5) is 22.6. The first-order chi connectivity index (χ1) is 9.47.